The Labute approximate surface area is 103 Å². The summed E-state index contributed by atoms with van der Waals surface area (Å²) in [7, 11) is 0. The van der Waals surface area contributed by atoms with Gasteiger partial charge in [-0.3, -0.25) is 0 Å². The van der Waals surface area contributed by atoms with Gasteiger partial charge in [-0.15, -0.1) is 0 Å². The van der Waals surface area contributed by atoms with E-state index in [9.17, 15) is 0 Å². The first kappa shape index (κ1) is 11.1. The van der Waals surface area contributed by atoms with Gasteiger partial charge in [-0.2, -0.15) is 0 Å². The molecular formula is C15H20O2. The van der Waals surface area contributed by atoms with Crippen molar-refractivity contribution in [2.75, 3.05) is 6.61 Å². The van der Waals surface area contributed by atoms with Crippen LogP contribution in [-0.4, -0.2) is 12.9 Å². The molecule has 0 spiro atoms. The zero-order valence-corrected chi connectivity index (χ0v) is 10.8. The first-order valence-electron chi connectivity index (χ1n) is 6.48. The maximum absolute atomic E-state index is 5.86. The summed E-state index contributed by atoms with van der Waals surface area (Å²) in [5.74, 6) is 1.47. The summed E-state index contributed by atoms with van der Waals surface area (Å²) in [5, 5.41) is 0. The molecule has 2 nitrogen and oxygen atoms in total. The van der Waals surface area contributed by atoms with Crippen molar-refractivity contribution in [3.8, 4) is 5.75 Å². The van der Waals surface area contributed by atoms with Crippen molar-refractivity contribution in [1.82, 2.24) is 0 Å². The fourth-order valence-electron chi connectivity index (χ4n) is 2.71. The summed E-state index contributed by atoms with van der Waals surface area (Å²) in [6.07, 6.45) is 2.29. The maximum Gasteiger partial charge on any atom is 0.206 e. The highest BCUT2D eigenvalue weighted by molar-refractivity contribution is 5.45. The predicted octanol–water partition coefficient (Wildman–Crippen LogP) is 3.60. The molecule has 0 amide bonds. The Hall–Kier alpha value is -1.02. The quantitative estimate of drug-likeness (QED) is 0.680. The van der Waals surface area contributed by atoms with E-state index in [1.807, 2.05) is 0 Å². The van der Waals surface area contributed by atoms with Gasteiger partial charge >= 0.3 is 0 Å². The molecule has 1 aromatic carbocycles. The second-order valence-corrected chi connectivity index (χ2v) is 6.11. The van der Waals surface area contributed by atoms with Crippen LogP contribution >= 0.6 is 0 Å². The topological polar surface area (TPSA) is 18.5 Å². The second kappa shape index (κ2) is 3.74. The summed E-state index contributed by atoms with van der Waals surface area (Å²) in [6, 6.07) is 6.60. The van der Waals surface area contributed by atoms with Crippen molar-refractivity contribution < 1.29 is 9.47 Å². The van der Waals surface area contributed by atoms with Crippen molar-refractivity contribution in [3.63, 3.8) is 0 Å². The van der Waals surface area contributed by atoms with E-state index in [2.05, 4.69) is 39.0 Å². The Bertz CT molecular complexity index is 431. The van der Waals surface area contributed by atoms with Crippen molar-refractivity contribution in [2.24, 2.45) is 0 Å². The Morgan fingerprint density at radius 2 is 2.06 bits per heavy atom. The fourth-order valence-corrected chi connectivity index (χ4v) is 2.71. The molecule has 1 fully saturated rings. The lowest BCUT2D eigenvalue weighted by Gasteiger charge is -2.24. The SMILES string of the molecule is CC(C)(C)c1ccc2c(c1)[C@@H]1CCCO[C@@H]1O2. The van der Waals surface area contributed by atoms with Crippen molar-refractivity contribution in [3.05, 3.63) is 29.3 Å². The second-order valence-electron chi connectivity index (χ2n) is 6.11. The van der Waals surface area contributed by atoms with Crippen molar-refractivity contribution >= 4 is 0 Å². The van der Waals surface area contributed by atoms with Crippen LogP contribution in [0.1, 0.15) is 50.7 Å². The van der Waals surface area contributed by atoms with Crippen LogP contribution in [-0.2, 0) is 10.2 Å². The first-order valence-corrected chi connectivity index (χ1v) is 6.48. The van der Waals surface area contributed by atoms with Gasteiger partial charge in [0.25, 0.3) is 0 Å². The van der Waals surface area contributed by atoms with Crippen molar-refractivity contribution in [2.45, 2.75) is 51.2 Å². The summed E-state index contributed by atoms with van der Waals surface area (Å²) in [6.45, 7) is 7.58. The molecule has 1 aromatic rings. The molecule has 0 saturated carbocycles. The van der Waals surface area contributed by atoms with Crippen LogP contribution in [0.5, 0.6) is 5.75 Å². The molecule has 0 radical (unpaired) electrons. The average Bonchev–Trinajstić information content (AvgIpc) is 2.65. The van der Waals surface area contributed by atoms with Gasteiger partial charge in [0.2, 0.25) is 6.29 Å². The Morgan fingerprint density at radius 3 is 2.82 bits per heavy atom. The van der Waals surface area contributed by atoms with Crippen LogP contribution in [0.25, 0.3) is 0 Å². The molecule has 2 heterocycles. The largest absolute Gasteiger partial charge is 0.464 e. The highest BCUT2D eigenvalue weighted by atomic mass is 16.7. The summed E-state index contributed by atoms with van der Waals surface area (Å²) >= 11 is 0. The van der Waals surface area contributed by atoms with E-state index >= 15 is 0 Å². The predicted molar refractivity (Wildman–Crippen MR) is 67.5 cm³/mol. The number of fused-ring (bicyclic) bond motifs is 3. The molecule has 2 atom stereocenters. The first-order chi connectivity index (χ1) is 8.05. The number of hydrogen-bond acceptors (Lipinski definition) is 2. The Morgan fingerprint density at radius 1 is 1.24 bits per heavy atom. The minimum atomic E-state index is -0.0334. The van der Waals surface area contributed by atoms with E-state index in [1.54, 1.807) is 0 Å². The van der Waals surface area contributed by atoms with Gasteiger partial charge in [0.05, 0.1) is 12.5 Å². The van der Waals surface area contributed by atoms with Gasteiger partial charge in [0.15, 0.2) is 0 Å². The maximum atomic E-state index is 5.86. The van der Waals surface area contributed by atoms with Gasteiger partial charge in [0, 0.05) is 5.56 Å². The summed E-state index contributed by atoms with van der Waals surface area (Å²) in [5.41, 5.74) is 2.93. The van der Waals surface area contributed by atoms with Crippen LogP contribution in [0.2, 0.25) is 0 Å². The highest BCUT2D eigenvalue weighted by Crippen LogP contribution is 2.44. The van der Waals surface area contributed by atoms with Gasteiger partial charge in [-0.1, -0.05) is 32.9 Å². The lowest BCUT2D eigenvalue weighted by molar-refractivity contribution is -0.104. The van der Waals surface area contributed by atoms with E-state index in [-0.39, 0.29) is 11.7 Å². The molecule has 1 saturated heterocycles. The average molecular weight is 232 g/mol. The lowest BCUT2D eigenvalue weighted by Crippen LogP contribution is -2.27. The van der Waals surface area contributed by atoms with E-state index in [4.69, 9.17) is 9.47 Å². The highest BCUT2D eigenvalue weighted by Gasteiger charge is 2.37. The molecule has 0 unspecified atom stereocenters. The van der Waals surface area contributed by atoms with Crippen LogP contribution in [0.15, 0.2) is 18.2 Å². The molecule has 0 aromatic heterocycles. The zero-order chi connectivity index (χ0) is 12.0. The molecule has 0 N–H and O–H groups in total. The molecule has 0 aliphatic carbocycles. The molecule has 2 aliphatic rings. The molecule has 2 heteroatoms. The molecule has 2 aliphatic heterocycles. The number of hydrogen-bond donors (Lipinski definition) is 0. The molecule has 3 rings (SSSR count). The monoisotopic (exact) mass is 232 g/mol. The zero-order valence-electron chi connectivity index (χ0n) is 10.8. The lowest BCUT2D eigenvalue weighted by atomic mass is 9.83. The molecule has 92 valence electrons. The van der Waals surface area contributed by atoms with Crippen LogP contribution in [0.4, 0.5) is 0 Å². The smallest absolute Gasteiger partial charge is 0.206 e. The van der Waals surface area contributed by atoms with Crippen LogP contribution < -0.4 is 4.74 Å². The van der Waals surface area contributed by atoms with Gasteiger partial charge < -0.3 is 9.47 Å². The van der Waals surface area contributed by atoms with Gasteiger partial charge in [0.1, 0.15) is 5.75 Å². The summed E-state index contributed by atoms with van der Waals surface area (Å²) < 4.78 is 11.5. The third-order valence-electron chi connectivity index (χ3n) is 3.79. The van der Waals surface area contributed by atoms with Crippen LogP contribution in [0, 0.1) is 0 Å². The Kier molecular flexibility index (Phi) is 2.44. The van der Waals surface area contributed by atoms with E-state index in [0.717, 1.165) is 18.8 Å². The molecular weight excluding hydrogens is 212 g/mol. The molecule has 17 heavy (non-hydrogen) atoms. The number of benzene rings is 1. The third kappa shape index (κ3) is 1.85. The van der Waals surface area contributed by atoms with E-state index in [1.165, 1.54) is 17.5 Å². The minimum Gasteiger partial charge on any atom is -0.464 e. The van der Waals surface area contributed by atoms with Crippen LogP contribution in [0.3, 0.4) is 0 Å². The number of ether oxygens (including phenoxy) is 2. The standard InChI is InChI=1S/C15H20O2/c1-15(2,3)10-6-7-13-12(9-10)11-5-4-8-16-14(11)17-13/h6-7,9,11,14H,4-5,8H2,1-3H3/t11-,14+/m0/s1. The van der Waals surface area contributed by atoms with E-state index in [0.29, 0.717) is 5.92 Å². The third-order valence-corrected chi connectivity index (χ3v) is 3.79. The summed E-state index contributed by atoms with van der Waals surface area (Å²) in [4.78, 5) is 0. The van der Waals surface area contributed by atoms with Gasteiger partial charge in [-0.25, -0.2) is 0 Å². The normalized spacial score (nSPS) is 27.2. The molecule has 0 bridgehead atoms. The van der Waals surface area contributed by atoms with Gasteiger partial charge in [-0.05, 0) is 29.9 Å². The fraction of sp³-hybridized carbons (Fsp3) is 0.600. The minimum absolute atomic E-state index is 0.0334. The van der Waals surface area contributed by atoms with E-state index < -0.39 is 0 Å². The number of rotatable bonds is 0. The Balaban J connectivity index is 1.99. The van der Waals surface area contributed by atoms with Crippen molar-refractivity contribution in [1.29, 1.82) is 0 Å².